The lowest BCUT2D eigenvalue weighted by Crippen LogP contribution is -2.19. The molecular weight excluding hydrogens is 336 g/mol. The first-order valence-corrected chi connectivity index (χ1v) is 9.29. The summed E-state index contributed by atoms with van der Waals surface area (Å²) in [7, 11) is 0. The number of hydrogen-bond donors (Lipinski definition) is 2. The fraction of sp³-hybridized carbons (Fsp3) is 0.368. The maximum Gasteiger partial charge on any atom is 0.256 e. The highest BCUT2D eigenvalue weighted by Gasteiger charge is 2.27. The molecule has 132 valence electrons. The first-order valence-electron chi connectivity index (χ1n) is 8.48. The van der Waals surface area contributed by atoms with Gasteiger partial charge in [0.2, 0.25) is 0 Å². The van der Waals surface area contributed by atoms with E-state index in [0.717, 1.165) is 35.5 Å². The van der Waals surface area contributed by atoms with E-state index >= 15 is 0 Å². The van der Waals surface area contributed by atoms with E-state index in [0.29, 0.717) is 28.7 Å². The summed E-state index contributed by atoms with van der Waals surface area (Å²) in [4.78, 5) is 25.7. The minimum Gasteiger partial charge on any atom is -0.494 e. The summed E-state index contributed by atoms with van der Waals surface area (Å²) in [6.07, 6.45) is 2.86. The standard InChI is InChI=1S/C19H22N2O3S/c1-3-24-13-7-5-12(6-8-13)18(23)21-19-16(17(20)22)14-10-11(2)4-9-15(14)25-19/h5-8,11H,3-4,9-10H2,1-2H3,(H2,20,22)(H,21,23)/t11-/m0/s1. The number of benzene rings is 1. The number of primary amides is 1. The molecule has 1 atom stereocenters. The van der Waals surface area contributed by atoms with Gasteiger partial charge in [0.25, 0.3) is 11.8 Å². The fourth-order valence-electron chi connectivity index (χ4n) is 3.15. The average molecular weight is 358 g/mol. The third kappa shape index (κ3) is 3.69. The minimum absolute atomic E-state index is 0.253. The van der Waals surface area contributed by atoms with Crippen molar-refractivity contribution in [3.05, 3.63) is 45.8 Å². The number of amides is 2. The molecule has 6 heteroatoms. The van der Waals surface area contributed by atoms with Gasteiger partial charge < -0.3 is 15.8 Å². The molecule has 25 heavy (non-hydrogen) atoms. The maximum atomic E-state index is 12.5. The van der Waals surface area contributed by atoms with Crippen molar-refractivity contribution in [1.82, 2.24) is 0 Å². The van der Waals surface area contributed by atoms with Crippen LogP contribution in [0.2, 0.25) is 0 Å². The molecule has 3 rings (SSSR count). The Bertz CT molecular complexity index is 796. The lowest BCUT2D eigenvalue weighted by atomic mass is 9.87. The number of nitrogens with two attached hydrogens (primary N) is 1. The van der Waals surface area contributed by atoms with Crippen molar-refractivity contribution in [2.24, 2.45) is 11.7 Å². The summed E-state index contributed by atoms with van der Waals surface area (Å²) >= 11 is 1.47. The van der Waals surface area contributed by atoms with E-state index in [9.17, 15) is 9.59 Å². The van der Waals surface area contributed by atoms with Crippen LogP contribution in [0.3, 0.4) is 0 Å². The number of anilines is 1. The van der Waals surface area contributed by atoms with Gasteiger partial charge in [0.15, 0.2) is 0 Å². The quantitative estimate of drug-likeness (QED) is 0.856. The number of fused-ring (bicyclic) bond motifs is 1. The number of carbonyl (C=O) groups excluding carboxylic acids is 2. The molecule has 0 spiro atoms. The minimum atomic E-state index is -0.478. The molecular formula is C19H22N2O3S. The van der Waals surface area contributed by atoms with E-state index in [1.54, 1.807) is 24.3 Å². The second-order valence-electron chi connectivity index (χ2n) is 6.33. The number of carbonyl (C=O) groups is 2. The van der Waals surface area contributed by atoms with Crippen molar-refractivity contribution in [2.45, 2.75) is 33.1 Å². The zero-order valence-electron chi connectivity index (χ0n) is 14.4. The molecule has 3 N–H and O–H groups in total. The van der Waals surface area contributed by atoms with Gasteiger partial charge in [-0.3, -0.25) is 9.59 Å². The van der Waals surface area contributed by atoms with Crippen LogP contribution in [0.5, 0.6) is 5.75 Å². The van der Waals surface area contributed by atoms with Crippen LogP contribution in [0, 0.1) is 5.92 Å². The number of aryl methyl sites for hydroxylation is 1. The summed E-state index contributed by atoms with van der Waals surface area (Å²) in [6.45, 7) is 4.65. The Kier molecular flexibility index (Phi) is 5.08. The summed E-state index contributed by atoms with van der Waals surface area (Å²) in [5.74, 6) is 0.512. The Morgan fingerprint density at radius 3 is 2.68 bits per heavy atom. The Labute approximate surface area is 151 Å². The van der Waals surface area contributed by atoms with Crippen LogP contribution < -0.4 is 15.8 Å². The molecule has 0 bridgehead atoms. The van der Waals surface area contributed by atoms with Gasteiger partial charge in [-0.25, -0.2) is 0 Å². The highest BCUT2D eigenvalue weighted by molar-refractivity contribution is 7.17. The van der Waals surface area contributed by atoms with E-state index in [2.05, 4.69) is 12.2 Å². The number of hydrogen-bond acceptors (Lipinski definition) is 4. The molecule has 1 aromatic carbocycles. The molecule has 1 aliphatic rings. The molecule has 0 saturated carbocycles. The van der Waals surface area contributed by atoms with Crippen molar-refractivity contribution >= 4 is 28.2 Å². The van der Waals surface area contributed by atoms with Gasteiger partial charge in [-0.1, -0.05) is 6.92 Å². The predicted octanol–water partition coefficient (Wildman–Crippen LogP) is 3.62. The lowest BCUT2D eigenvalue weighted by molar-refractivity contribution is 0.1000. The van der Waals surface area contributed by atoms with Crippen molar-refractivity contribution < 1.29 is 14.3 Å². The van der Waals surface area contributed by atoms with Crippen LogP contribution in [0.25, 0.3) is 0 Å². The molecule has 0 radical (unpaired) electrons. The number of nitrogens with one attached hydrogen (secondary N) is 1. The molecule has 2 amide bonds. The van der Waals surface area contributed by atoms with Gasteiger partial charge in [0.1, 0.15) is 10.8 Å². The number of ether oxygens (including phenoxy) is 1. The van der Waals surface area contributed by atoms with E-state index in [1.807, 2.05) is 6.92 Å². The fourth-order valence-corrected chi connectivity index (χ4v) is 4.40. The molecule has 1 heterocycles. The van der Waals surface area contributed by atoms with Crippen LogP contribution in [0.4, 0.5) is 5.00 Å². The van der Waals surface area contributed by atoms with Crippen molar-refractivity contribution in [2.75, 3.05) is 11.9 Å². The van der Waals surface area contributed by atoms with Gasteiger partial charge in [-0.15, -0.1) is 11.3 Å². The smallest absolute Gasteiger partial charge is 0.256 e. The topological polar surface area (TPSA) is 81.4 Å². The van der Waals surface area contributed by atoms with Crippen molar-refractivity contribution in [3.63, 3.8) is 0 Å². The maximum absolute atomic E-state index is 12.5. The van der Waals surface area contributed by atoms with E-state index in [-0.39, 0.29) is 5.91 Å². The Morgan fingerprint density at radius 2 is 2.04 bits per heavy atom. The van der Waals surface area contributed by atoms with E-state index in [1.165, 1.54) is 11.3 Å². The summed E-state index contributed by atoms with van der Waals surface area (Å²) in [5.41, 5.74) is 7.60. The van der Waals surface area contributed by atoms with E-state index < -0.39 is 5.91 Å². The van der Waals surface area contributed by atoms with Crippen LogP contribution in [0.15, 0.2) is 24.3 Å². The molecule has 1 aliphatic carbocycles. The largest absolute Gasteiger partial charge is 0.494 e. The number of rotatable bonds is 5. The van der Waals surface area contributed by atoms with Crippen LogP contribution in [-0.4, -0.2) is 18.4 Å². The highest BCUT2D eigenvalue weighted by Crippen LogP contribution is 2.39. The monoisotopic (exact) mass is 358 g/mol. The first-order chi connectivity index (χ1) is 12.0. The third-order valence-electron chi connectivity index (χ3n) is 4.41. The van der Waals surface area contributed by atoms with E-state index in [4.69, 9.17) is 10.5 Å². The van der Waals surface area contributed by atoms with Gasteiger partial charge in [0, 0.05) is 10.4 Å². The van der Waals surface area contributed by atoms with Gasteiger partial charge in [-0.2, -0.15) is 0 Å². The van der Waals surface area contributed by atoms with Crippen LogP contribution in [-0.2, 0) is 12.8 Å². The summed E-state index contributed by atoms with van der Waals surface area (Å²) in [5, 5.41) is 3.43. The zero-order valence-corrected chi connectivity index (χ0v) is 15.2. The summed E-state index contributed by atoms with van der Waals surface area (Å²) < 4.78 is 5.38. The normalized spacial score (nSPS) is 16.2. The van der Waals surface area contributed by atoms with Crippen LogP contribution >= 0.6 is 11.3 Å². The SMILES string of the molecule is CCOc1ccc(C(=O)Nc2sc3c(c2C(N)=O)C[C@@H](C)CC3)cc1. The van der Waals surface area contributed by atoms with Gasteiger partial charge >= 0.3 is 0 Å². The molecule has 2 aromatic rings. The van der Waals surface area contributed by atoms with Crippen molar-refractivity contribution in [1.29, 1.82) is 0 Å². The molecule has 0 fully saturated rings. The summed E-state index contributed by atoms with van der Waals surface area (Å²) in [6, 6.07) is 6.93. The Morgan fingerprint density at radius 1 is 1.32 bits per heavy atom. The lowest BCUT2D eigenvalue weighted by Gasteiger charge is -2.18. The predicted molar refractivity (Wildman–Crippen MR) is 99.6 cm³/mol. The second kappa shape index (κ2) is 7.27. The third-order valence-corrected chi connectivity index (χ3v) is 5.62. The second-order valence-corrected chi connectivity index (χ2v) is 7.44. The van der Waals surface area contributed by atoms with Crippen LogP contribution in [0.1, 0.15) is 51.4 Å². The highest BCUT2D eigenvalue weighted by atomic mass is 32.1. The first kappa shape index (κ1) is 17.5. The molecule has 0 unspecified atom stereocenters. The average Bonchev–Trinajstić information content (AvgIpc) is 2.92. The Hall–Kier alpha value is -2.34. The molecule has 0 saturated heterocycles. The number of thiophene rings is 1. The van der Waals surface area contributed by atoms with Gasteiger partial charge in [0.05, 0.1) is 12.2 Å². The van der Waals surface area contributed by atoms with Crippen molar-refractivity contribution in [3.8, 4) is 5.75 Å². The molecule has 1 aromatic heterocycles. The Balaban J connectivity index is 1.85. The molecule has 5 nitrogen and oxygen atoms in total. The zero-order chi connectivity index (χ0) is 18.0. The molecule has 0 aliphatic heterocycles. The van der Waals surface area contributed by atoms with Gasteiger partial charge in [-0.05, 0) is 61.9 Å².